The number of carbonyl (C=O) groups is 2. The molecule has 0 spiro atoms. The average molecular weight is 409 g/mol. The maximum absolute atomic E-state index is 10.3. The zero-order valence-corrected chi connectivity index (χ0v) is 18.8. The fourth-order valence-electron chi connectivity index (χ4n) is 3.82. The molecule has 2 aliphatic carbocycles. The summed E-state index contributed by atoms with van der Waals surface area (Å²) in [4.78, 5) is 20.5. The van der Waals surface area contributed by atoms with Gasteiger partial charge in [0.1, 0.15) is 0 Å². The lowest BCUT2D eigenvalue weighted by atomic mass is 9.69. The highest BCUT2D eigenvalue weighted by molar-refractivity contribution is 5.73. The second-order valence-corrected chi connectivity index (χ2v) is 8.94. The number of fused-ring (bicyclic) bond motifs is 1. The van der Waals surface area contributed by atoms with Crippen LogP contribution < -0.4 is 0 Å². The van der Waals surface area contributed by atoms with Crippen LogP contribution in [0.2, 0.25) is 0 Å². The van der Waals surface area contributed by atoms with Gasteiger partial charge in [-0.3, -0.25) is 9.59 Å². The number of ether oxygens (including phenoxy) is 1. The summed E-state index contributed by atoms with van der Waals surface area (Å²) in [6.45, 7) is 10.4. The van der Waals surface area contributed by atoms with Crippen LogP contribution in [0, 0.1) is 23.2 Å². The van der Waals surface area contributed by atoms with Crippen LogP contribution in [0.5, 0.6) is 0 Å². The summed E-state index contributed by atoms with van der Waals surface area (Å²) in [6, 6.07) is 0. The first kappa shape index (κ1) is 25.4. The standard InChI is InChI=1S/C13H20.C6H12O2.C5H8O3/c1-3-12-10(2)8-9-11-6-4-5-7-13(11)12;1-4-6(2,3)5(7)8;6-4-1-2-8-5(7)3-4/h6,8-10,12-13H,3-5,7H2,1-2H3;4H2,1-3H3,(H,7,8);4,6H,1-3H2. The van der Waals surface area contributed by atoms with Gasteiger partial charge in [-0.1, -0.05) is 45.4 Å². The zero-order valence-electron chi connectivity index (χ0n) is 18.8. The molecule has 166 valence electrons. The van der Waals surface area contributed by atoms with E-state index in [9.17, 15) is 9.59 Å². The Balaban J connectivity index is 0.000000230. The lowest BCUT2D eigenvalue weighted by molar-refractivity contribution is -0.151. The van der Waals surface area contributed by atoms with Crippen LogP contribution in [-0.2, 0) is 14.3 Å². The van der Waals surface area contributed by atoms with E-state index < -0.39 is 17.5 Å². The molecule has 5 heteroatoms. The Morgan fingerprint density at radius 1 is 1.28 bits per heavy atom. The number of allylic oxidation sites excluding steroid dienone is 4. The first-order valence-corrected chi connectivity index (χ1v) is 11.1. The van der Waals surface area contributed by atoms with E-state index in [1.165, 1.54) is 25.7 Å². The largest absolute Gasteiger partial charge is 0.481 e. The highest BCUT2D eigenvalue weighted by Gasteiger charge is 2.30. The van der Waals surface area contributed by atoms with E-state index in [1.54, 1.807) is 19.4 Å². The molecule has 3 aliphatic rings. The topological polar surface area (TPSA) is 83.8 Å². The molecule has 4 atom stereocenters. The van der Waals surface area contributed by atoms with Crippen molar-refractivity contribution in [1.82, 2.24) is 0 Å². The monoisotopic (exact) mass is 408 g/mol. The summed E-state index contributed by atoms with van der Waals surface area (Å²) < 4.78 is 4.55. The Bertz CT molecular complexity index is 590. The van der Waals surface area contributed by atoms with E-state index in [0.717, 1.165) is 17.8 Å². The first-order chi connectivity index (χ1) is 13.6. The minimum atomic E-state index is -0.722. The Kier molecular flexibility index (Phi) is 10.7. The minimum Gasteiger partial charge on any atom is -0.481 e. The van der Waals surface area contributed by atoms with Gasteiger partial charge in [-0.15, -0.1) is 0 Å². The van der Waals surface area contributed by atoms with Crippen molar-refractivity contribution in [3.8, 4) is 0 Å². The van der Waals surface area contributed by atoms with Crippen molar-refractivity contribution in [3.05, 3.63) is 23.8 Å². The second-order valence-electron chi connectivity index (χ2n) is 8.94. The van der Waals surface area contributed by atoms with Crippen LogP contribution in [0.1, 0.15) is 79.6 Å². The van der Waals surface area contributed by atoms with Gasteiger partial charge in [-0.25, -0.2) is 0 Å². The highest BCUT2D eigenvalue weighted by Crippen LogP contribution is 2.41. The van der Waals surface area contributed by atoms with E-state index in [1.807, 2.05) is 6.92 Å². The minimum absolute atomic E-state index is 0.167. The number of esters is 1. The van der Waals surface area contributed by atoms with Crippen LogP contribution >= 0.6 is 0 Å². The van der Waals surface area contributed by atoms with Crippen LogP contribution in [0.4, 0.5) is 0 Å². The molecule has 0 radical (unpaired) electrons. The maximum atomic E-state index is 10.3. The molecule has 0 amide bonds. The van der Waals surface area contributed by atoms with E-state index in [2.05, 4.69) is 36.8 Å². The van der Waals surface area contributed by atoms with Crippen molar-refractivity contribution >= 4 is 11.9 Å². The van der Waals surface area contributed by atoms with Crippen molar-refractivity contribution in [2.24, 2.45) is 23.2 Å². The van der Waals surface area contributed by atoms with Crippen molar-refractivity contribution < 1.29 is 24.5 Å². The fourth-order valence-corrected chi connectivity index (χ4v) is 3.82. The number of aliphatic hydroxyl groups is 1. The molecule has 1 fully saturated rings. The van der Waals surface area contributed by atoms with Gasteiger partial charge in [-0.2, -0.15) is 0 Å². The average Bonchev–Trinajstić information content (AvgIpc) is 2.68. The molecule has 0 aromatic heterocycles. The Morgan fingerprint density at radius 2 is 1.97 bits per heavy atom. The van der Waals surface area contributed by atoms with E-state index in [4.69, 9.17) is 10.2 Å². The molecule has 29 heavy (non-hydrogen) atoms. The zero-order chi connectivity index (χ0) is 22.0. The van der Waals surface area contributed by atoms with Gasteiger partial charge in [-0.05, 0) is 62.9 Å². The fraction of sp³-hybridized carbons (Fsp3) is 0.750. The van der Waals surface area contributed by atoms with Crippen LogP contribution in [-0.4, -0.2) is 34.9 Å². The molecule has 5 nitrogen and oxygen atoms in total. The van der Waals surface area contributed by atoms with Crippen molar-refractivity contribution in [3.63, 3.8) is 0 Å². The third-order valence-corrected chi connectivity index (χ3v) is 6.36. The van der Waals surface area contributed by atoms with Crippen LogP contribution in [0.25, 0.3) is 0 Å². The van der Waals surface area contributed by atoms with Gasteiger partial charge in [0.25, 0.3) is 0 Å². The normalized spacial score (nSPS) is 28.5. The SMILES string of the molecule is CCC(C)(C)C(=O)O.CCC1C(C)C=CC2=CCCCC21.O=C1CC(O)CCO1. The van der Waals surface area contributed by atoms with Gasteiger partial charge in [0.05, 0.1) is 24.5 Å². The Labute approximate surface area is 176 Å². The third-order valence-electron chi connectivity index (χ3n) is 6.36. The number of carboxylic acids is 1. The molecule has 0 aromatic carbocycles. The van der Waals surface area contributed by atoms with Crippen molar-refractivity contribution in [2.45, 2.75) is 85.7 Å². The van der Waals surface area contributed by atoms with E-state index in [-0.39, 0.29) is 12.4 Å². The summed E-state index contributed by atoms with van der Waals surface area (Å²) in [5, 5.41) is 17.2. The van der Waals surface area contributed by atoms with Crippen LogP contribution in [0.3, 0.4) is 0 Å². The summed E-state index contributed by atoms with van der Waals surface area (Å²) in [5.41, 5.74) is 1.09. The molecule has 0 bridgehead atoms. The second kappa shape index (κ2) is 12.2. The maximum Gasteiger partial charge on any atom is 0.309 e. The molecule has 1 aliphatic heterocycles. The lowest BCUT2D eigenvalue weighted by Gasteiger charge is -2.36. The van der Waals surface area contributed by atoms with Gasteiger partial charge in [0, 0.05) is 6.42 Å². The number of cyclic esters (lactones) is 1. The quantitative estimate of drug-likeness (QED) is 0.632. The molecule has 1 heterocycles. The van der Waals surface area contributed by atoms with E-state index in [0.29, 0.717) is 19.4 Å². The van der Waals surface area contributed by atoms with Gasteiger partial charge in [0.15, 0.2) is 0 Å². The summed E-state index contributed by atoms with van der Waals surface area (Å²) in [7, 11) is 0. The number of carboxylic acid groups (broad SMARTS) is 1. The van der Waals surface area contributed by atoms with Crippen LogP contribution in [0.15, 0.2) is 23.8 Å². The molecule has 1 saturated heterocycles. The molecular formula is C24H40O5. The van der Waals surface area contributed by atoms with Crippen molar-refractivity contribution in [1.29, 1.82) is 0 Å². The molecule has 4 unspecified atom stereocenters. The van der Waals surface area contributed by atoms with Gasteiger partial charge >= 0.3 is 11.9 Å². The van der Waals surface area contributed by atoms with Crippen molar-refractivity contribution in [2.75, 3.05) is 6.61 Å². The lowest BCUT2D eigenvalue weighted by Crippen LogP contribution is -2.26. The third kappa shape index (κ3) is 8.33. The Morgan fingerprint density at radius 3 is 2.41 bits per heavy atom. The highest BCUT2D eigenvalue weighted by atomic mass is 16.5. The smallest absolute Gasteiger partial charge is 0.309 e. The summed E-state index contributed by atoms with van der Waals surface area (Å²) in [5.74, 6) is 1.59. The number of hydrogen-bond acceptors (Lipinski definition) is 4. The van der Waals surface area contributed by atoms with E-state index >= 15 is 0 Å². The van der Waals surface area contributed by atoms with Gasteiger partial charge in [0.2, 0.25) is 0 Å². The Hall–Kier alpha value is -1.62. The predicted molar refractivity (Wildman–Crippen MR) is 115 cm³/mol. The summed E-state index contributed by atoms with van der Waals surface area (Å²) >= 11 is 0. The molecule has 0 aromatic rings. The molecule has 2 N–H and O–H groups in total. The molecule has 3 rings (SSSR count). The molecule has 0 saturated carbocycles. The first-order valence-electron chi connectivity index (χ1n) is 11.1. The predicted octanol–water partition coefficient (Wildman–Crippen LogP) is 5.14. The van der Waals surface area contributed by atoms with Gasteiger partial charge < -0.3 is 14.9 Å². The number of rotatable bonds is 3. The summed E-state index contributed by atoms with van der Waals surface area (Å²) in [6.07, 6.45) is 13.7. The number of aliphatic carboxylic acids is 1. The number of hydrogen-bond donors (Lipinski definition) is 2. The number of carbonyl (C=O) groups excluding carboxylic acids is 1. The number of aliphatic hydroxyl groups excluding tert-OH is 1. The molecular weight excluding hydrogens is 368 g/mol.